The summed E-state index contributed by atoms with van der Waals surface area (Å²) in [5.74, 6) is 1.51. The van der Waals surface area contributed by atoms with E-state index in [1.54, 1.807) is 18.3 Å². The van der Waals surface area contributed by atoms with Gasteiger partial charge in [-0.05, 0) is 103 Å². The minimum Gasteiger partial charge on any atom is -0.460 e. The SMILES string of the molecule is CC(C)c1c(N)sc2c1[C@@](C)(c1nc(-c3nc(O[C@@H](C)[C@H]4CC[C@H](F)C4)nc(N4C[C@](C)(O)COCC4(C)C)n3)no1)CCC2.CN. The number of nitrogens with two attached hydrogens (primary N) is 2. The van der Waals surface area contributed by atoms with Gasteiger partial charge in [0.1, 0.15) is 17.9 Å². The lowest BCUT2D eigenvalue weighted by Crippen LogP contribution is -2.52. The van der Waals surface area contributed by atoms with E-state index in [2.05, 4.69) is 36.6 Å². The Hall–Kier alpha value is -2.94. The maximum absolute atomic E-state index is 14.0. The first-order valence-electron chi connectivity index (χ1n) is 16.7. The van der Waals surface area contributed by atoms with Crippen molar-refractivity contribution < 1.29 is 23.5 Å². The lowest BCUT2D eigenvalue weighted by Gasteiger charge is -2.38. The maximum atomic E-state index is 14.0. The number of rotatable bonds is 7. The number of anilines is 2. The van der Waals surface area contributed by atoms with Gasteiger partial charge in [-0.2, -0.15) is 19.9 Å². The third-order valence-electron chi connectivity index (χ3n) is 9.66. The van der Waals surface area contributed by atoms with Gasteiger partial charge in [0.2, 0.25) is 23.5 Å². The van der Waals surface area contributed by atoms with E-state index in [0.29, 0.717) is 31.3 Å². The molecule has 3 aliphatic rings. The molecule has 260 valence electrons. The molecule has 5 N–H and O–H groups in total. The van der Waals surface area contributed by atoms with Gasteiger partial charge in [-0.3, -0.25) is 0 Å². The zero-order valence-corrected chi connectivity index (χ0v) is 29.8. The fourth-order valence-corrected chi connectivity index (χ4v) is 8.55. The monoisotopic (exact) mass is 674 g/mol. The van der Waals surface area contributed by atoms with Crippen LogP contribution in [0.1, 0.15) is 108 Å². The molecule has 0 aromatic carbocycles. The summed E-state index contributed by atoms with van der Waals surface area (Å²) in [6, 6.07) is 0.0932. The average Bonchev–Trinajstić information content (AvgIpc) is 3.74. The highest BCUT2D eigenvalue weighted by molar-refractivity contribution is 7.16. The predicted molar refractivity (Wildman–Crippen MR) is 181 cm³/mol. The summed E-state index contributed by atoms with van der Waals surface area (Å²) in [5, 5.41) is 16.3. The molecule has 5 atom stereocenters. The molecule has 1 saturated heterocycles. The molecule has 6 rings (SSSR count). The molecule has 1 aliphatic heterocycles. The van der Waals surface area contributed by atoms with Crippen molar-refractivity contribution in [1.29, 1.82) is 0 Å². The number of fused-ring (bicyclic) bond motifs is 1. The van der Waals surface area contributed by atoms with Crippen LogP contribution in [0.3, 0.4) is 0 Å². The number of thiophene rings is 1. The Balaban J connectivity index is 0.00000213. The smallest absolute Gasteiger partial charge is 0.322 e. The lowest BCUT2D eigenvalue weighted by atomic mass is 9.71. The summed E-state index contributed by atoms with van der Waals surface area (Å²) in [6.45, 7) is 14.9. The number of β-amino-alcohol motifs (C(OH)–C–C–N with tert-alkyl or cyclic N) is 1. The lowest BCUT2D eigenvalue weighted by molar-refractivity contribution is -0.0166. The molecular formula is C33H51FN8O4S. The number of aryl methyl sites for hydroxylation is 1. The molecule has 1 saturated carbocycles. The van der Waals surface area contributed by atoms with Gasteiger partial charge < -0.3 is 35.5 Å². The second kappa shape index (κ2) is 13.5. The van der Waals surface area contributed by atoms with Crippen LogP contribution in [-0.2, 0) is 16.6 Å². The number of nitrogens with zero attached hydrogens (tertiary/aromatic N) is 6. The molecule has 0 bridgehead atoms. The first-order chi connectivity index (χ1) is 22.2. The number of nitrogen functional groups attached to an aromatic ring is 1. The molecule has 0 radical (unpaired) electrons. The van der Waals surface area contributed by atoms with E-state index in [4.69, 9.17) is 34.7 Å². The van der Waals surface area contributed by atoms with Gasteiger partial charge in [-0.15, -0.1) is 11.3 Å². The zero-order valence-electron chi connectivity index (χ0n) is 29.0. The van der Waals surface area contributed by atoms with Crippen molar-refractivity contribution in [2.75, 3.05) is 37.4 Å². The van der Waals surface area contributed by atoms with Crippen LogP contribution < -0.4 is 21.1 Å². The molecule has 4 heterocycles. The summed E-state index contributed by atoms with van der Waals surface area (Å²) >= 11 is 1.66. The fourth-order valence-electron chi connectivity index (χ4n) is 7.15. The Morgan fingerprint density at radius 1 is 1.04 bits per heavy atom. The third kappa shape index (κ3) is 7.11. The van der Waals surface area contributed by atoms with Crippen molar-refractivity contribution in [3.05, 3.63) is 21.9 Å². The van der Waals surface area contributed by atoms with Gasteiger partial charge in [0.15, 0.2) is 0 Å². The Kier molecular flexibility index (Phi) is 10.2. The minimum absolute atomic E-state index is 0.0536. The fraction of sp³-hybridized carbons (Fsp3) is 0.727. The van der Waals surface area contributed by atoms with Crippen LogP contribution in [0.2, 0.25) is 0 Å². The summed E-state index contributed by atoms with van der Waals surface area (Å²) in [7, 11) is 1.50. The van der Waals surface area contributed by atoms with Crippen molar-refractivity contribution in [2.45, 2.75) is 122 Å². The van der Waals surface area contributed by atoms with Crippen LogP contribution in [0, 0.1) is 5.92 Å². The first-order valence-corrected chi connectivity index (χ1v) is 17.5. The molecule has 0 amide bonds. The highest BCUT2D eigenvalue weighted by atomic mass is 32.1. The molecule has 2 aliphatic carbocycles. The van der Waals surface area contributed by atoms with E-state index in [-0.39, 0.29) is 48.8 Å². The number of ether oxygens (including phenoxy) is 2. The van der Waals surface area contributed by atoms with Gasteiger partial charge in [0, 0.05) is 4.88 Å². The summed E-state index contributed by atoms with van der Waals surface area (Å²) < 4.78 is 32.1. The van der Waals surface area contributed by atoms with Crippen molar-refractivity contribution in [1.82, 2.24) is 25.1 Å². The molecule has 0 spiro atoms. The van der Waals surface area contributed by atoms with Crippen LogP contribution in [0.5, 0.6) is 6.01 Å². The van der Waals surface area contributed by atoms with E-state index in [0.717, 1.165) is 36.2 Å². The van der Waals surface area contributed by atoms with E-state index in [1.165, 1.54) is 17.5 Å². The van der Waals surface area contributed by atoms with E-state index in [1.807, 2.05) is 25.7 Å². The van der Waals surface area contributed by atoms with E-state index in [9.17, 15) is 9.50 Å². The topological polar surface area (TPSA) is 172 Å². The van der Waals surface area contributed by atoms with Crippen molar-refractivity contribution in [2.24, 2.45) is 11.7 Å². The average molecular weight is 675 g/mol. The molecule has 14 heteroatoms. The van der Waals surface area contributed by atoms with Gasteiger partial charge in [0.25, 0.3) is 0 Å². The Morgan fingerprint density at radius 2 is 1.79 bits per heavy atom. The number of aromatic nitrogens is 5. The highest BCUT2D eigenvalue weighted by Gasteiger charge is 2.44. The standard InChI is InChI=1S/C32H46FN7O4S.CH5N/c1-17(2)22-23-21(45-24(22)34)9-8-12-32(23,7)27-35-26(39-44-27)25-36-28(40-14-31(6,41)16-42-15-30(40,4)5)38-29(37-25)43-18(3)19-10-11-20(33)13-19;1-2/h17-20,41H,8-16,34H2,1-7H3;2H2,1H3/t18-,19-,20-,31-,32-;/m0./s1. The normalized spacial score (nSPS) is 28.0. The van der Waals surface area contributed by atoms with Gasteiger partial charge in [-0.1, -0.05) is 19.0 Å². The van der Waals surface area contributed by atoms with Gasteiger partial charge >= 0.3 is 6.01 Å². The molecule has 12 nitrogen and oxygen atoms in total. The molecule has 2 fully saturated rings. The number of hydrogen-bond acceptors (Lipinski definition) is 13. The van der Waals surface area contributed by atoms with Crippen LogP contribution in [0.25, 0.3) is 11.6 Å². The maximum Gasteiger partial charge on any atom is 0.322 e. The zero-order chi connectivity index (χ0) is 34.3. The largest absolute Gasteiger partial charge is 0.460 e. The van der Waals surface area contributed by atoms with Crippen molar-refractivity contribution in [3.63, 3.8) is 0 Å². The number of hydrogen-bond donors (Lipinski definition) is 3. The molecule has 3 aromatic rings. The number of halogens is 1. The Bertz CT molecular complexity index is 1540. The van der Waals surface area contributed by atoms with Crippen molar-refractivity contribution in [3.8, 4) is 17.7 Å². The second-order valence-corrected chi connectivity index (χ2v) is 15.7. The van der Waals surface area contributed by atoms with E-state index >= 15 is 0 Å². The molecule has 3 aromatic heterocycles. The summed E-state index contributed by atoms with van der Waals surface area (Å²) in [6.07, 6.45) is 3.40. The predicted octanol–water partition coefficient (Wildman–Crippen LogP) is 5.18. The first kappa shape index (κ1) is 35.4. The Labute approximate surface area is 280 Å². The second-order valence-electron chi connectivity index (χ2n) is 14.6. The van der Waals surface area contributed by atoms with Crippen LogP contribution >= 0.6 is 11.3 Å². The number of alkyl halides is 1. The van der Waals surface area contributed by atoms with E-state index < -0.39 is 22.7 Å². The van der Waals surface area contributed by atoms with Crippen molar-refractivity contribution >= 4 is 22.3 Å². The van der Waals surface area contributed by atoms with Crippen LogP contribution in [0.4, 0.5) is 15.3 Å². The van der Waals surface area contributed by atoms with Crippen LogP contribution in [0.15, 0.2) is 4.52 Å². The molecule has 0 unspecified atom stereocenters. The number of aliphatic hydroxyl groups is 1. The quantitative estimate of drug-likeness (QED) is 0.300. The molecular weight excluding hydrogens is 623 g/mol. The van der Waals surface area contributed by atoms with Gasteiger partial charge in [-0.25, -0.2) is 4.39 Å². The third-order valence-corrected chi connectivity index (χ3v) is 10.8. The minimum atomic E-state index is -1.14. The summed E-state index contributed by atoms with van der Waals surface area (Å²) in [5.41, 5.74) is 11.2. The Morgan fingerprint density at radius 3 is 2.47 bits per heavy atom. The van der Waals surface area contributed by atoms with Gasteiger partial charge in [0.05, 0.1) is 35.7 Å². The van der Waals surface area contributed by atoms with Crippen LogP contribution in [-0.4, -0.2) is 80.4 Å². The summed E-state index contributed by atoms with van der Waals surface area (Å²) in [4.78, 5) is 22.3. The highest BCUT2D eigenvalue weighted by Crippen LogP contribution is 2.50. The molecule has 47 heavy (non-hydrogen) atoms.